The van der Waals surface area contributed by atoms with E-state index < -0.39 is 17.8 Å². The van der Waals surface area contributed by atoms with Gasteiger partial charge in [-0.1, -0.05) is 48.6 Å². The maximum atomic E-state index is 12.6. The Morgan fingerprint density at radius 3 is 1.85 bits per heavy atom. The first-order valence-corrected chi connectivity index (χ1v) is 12.7. The Hall–Kier alpha value is -4.82. The predicted molar refractivity (Wildman–Crippen MR) is 156 cm³/mol. The third-order valence-electron chi connectivity index (χ3n) is 6.25. The second kappa shape index (κ2) is 13.3. The molecule has 0 aliphatic carbocycles. The van der Waals surface area contributed by atoms with Gasteiger partial charge < -0.3 is 15.5 Å². The summed E-state index contributed by atoms with van der Waals surface area (Å²) in [7, 11) is 0. The molecule has 1 heterocycles. The number of amides is 3. The molecule has 0 aromatic heterocycles. The first-order chi connectivity index (χ1) is 19.1. The summed E-state index contributed by atoms with van der Waals surface area (Å²) in [5, 5.41) is 20.6. The van der Waals surface area contributed by atoms with Crippen molar-refractivity contribution in [2.75, 3.05) is 18.5 Å². The van der Waals surface area contributed by atoms with Crippen molar-refractivity contribution >= 4 is 41.5 Å². The Balaban J connectivity index is 0.000000285. The number of anilines is 1. The number of nitrogens with zero attached hydrogens (tertiary/aromatic N) is 1. The Labute approximate surface area is 233 Å². The van der Waals surface area contributed by atoms with Crippen LogP contribution in [0.3, 0.4) is 0 Å². The van der Waals surface area contributed by atoms with Gasteiger partial charge in [-0.05, 0) is 80.3 Å². The van der Waals surface area contributed by atoms with Crippen molar-refractivity contribution in [3.8, 4) is 0 Å². The molecule has 8 nitrogen and oxygen atoms in total. The van der Waals surface area contributed by atoms with Crippen LogP contribution >= 0.6 is 0 Å². The van der Waals surface area contributed by atoms with Crippen LogP contribution in [-0.4, -0.2) is 52.0 Å². The van der Waals surface area contributed by atoms with Gasteiger partial charge in [0.1, 0.15) is 0 Å². The van der Waals surface area contributed by atoms with Crippen LogP contribution in [0.5, 0.6) is 0 Å². The van der Waals surface area contributed by atoms with Crippen LogP contribution in [0.1, 0.15) is 77.5 Å². The van der Waals surface area contributed by atoms with E-state index in [1.807, 2.05) is 63.3 Å². The fourth-order valence-corrected chi connectivity index (χ4v) is 4.33. The first kappa shape index (κ1) is 29.7. The molecule has 3 N–H and O–H groups in total. The minimum Gasteiger partial charge on any atom is -0.478 e. The predicted octanol–water partition coefficient (Wildman–Crippen LogP) is 5.60. The monoisotopic (exact) mass is 540 g/mol. The molecule has 4 rings (SSSR count). The molecule has 3 aromatic carbocycles. The molecular weight excluding hydrogens is 508 g/mol. The number of allylic oxidation sites excluding steroid dienone is 2. The van der Waals surface area contributed by atoms with E-state index in [0.29, 0.717) is 16.8 Å². The number of carbonyl (C=O) groups is 4. The number of aromatic carboxylic acids is 1. The van der Waals surface area contributed by atoms with Crippen LogP contribution in [0.25, 0.3) is 12.2 Å². The van der Waals surface area contributed by atoms with E-state index in [2.05, 4.69) is 5.32 Å². The average Bonchev–Trinajstić information content (AvgIpc) is 3.14. The number of aliphatic hydroxyl groups is 1. The summed E-state index contributed by atoms with van der Waals surface area (Å²) in [6.45, 7) is 7.18. The normalized spacial score (nSPS) is 12.5. The summed E-state index contributed by atoms with van der Waals surface area (Å²) < 4.78 is 0. The van der Waals surface area contributed by atoms with E-state index in [1.165, 1.54) is 12.1 Å². The molecular formula is C32H32N2O6. The Kier molecular flexibility index (Phi) is 9.89. The number of carboxylic acids is 1. The van der Waals surface area contributed by atoms with Crippen molar-refractivity contribution in [3.05, 3.63) is 111 Å². The number of hydrogen-bond donors (Lipinski definition) is 3. The largest absolute Gasteiger partial charge is 0.478 e. The second-order valence-corrected chi connectivity index (χ2v) is 9.15. The highest BCUT2D eigenvalue weighted by Crippen LogP contribution is 2.26. The number of aryl methyl sites for hydroxylation is 2. The van der Waals surface area contributed by atoms with Crippen LogP contribution in [-0.2, 0) is 0 Å². The number of rotatable bonds is 7. The van der Waals surface area contributed by atoms with Crippen LogP contribution in [0.15, 0.2) is 66.7 Å². The zero-order valence-electron chi connectivity index (χ0n) is 22.9. The van der Waals surface area contributed by atoms with E-state index in [0.717, 1.165) is 27.2 Å². The van der Waals surface area contributed by atoms with Gasteiger partial charge in [-0.3, -0.25) is 19.3 Å². The third-order valence-corrected chi connectivity index (χ3v) is 6.25. The fraction of sp³-hybridized carbons (Fsp3) is 0.188. The van der Waals surface area contributed by atoms with Crippen molar-refractivity contribution in [1.82, 2.24) is 4.90 Å². The maximum Gasteiger partial charge on any atom is 0.335 e. The highest BCUT2D eigenvalue weighted by molar-refractivity contribution is 6.22. The molecule has 0 spiro atoms. The summed E-state index contributed by atoms with van der Waals surface area (Å²) in [5.41, 5.74) is 5.52. The van der Waals surface area contributed by atoms with Crippen LogP contribution in [0.4, 0.5) is 5.69 Å². The van der Waals surface area contributed by atoms with Crippen molar-refractivity contribution in [1.29, 1.82) is 0 Å². The lowest BCUT2D eigenvalue weighted by molar-refractivity contribution is 0.0622. The van der Waals surface area contributed by atoms with Gasteiger partial charge >= 0.3 is 5.97 Å². The Morgan fingerprint density at radius 1 is 0.800 bits per heavy atom. The Bertz CT molecular complexity index is 1520. The number of β-amino-alcohol motifs (C(OH)–C–C–N with tert-alkyl or cyclic N) is 1. The number of carbonyl (C=O) groups excluding carboxylic acids is 3. The van der Waals surface area contributed by atoms with Crippen molar-refractivity contribution in [2.45, 2.75) is 27.7 Å². The number of nitrogens with one attached hydrogen (secondary N) is 1. The molecule has 206 valence electrons. The lowest BCUT2D eigenvalue weighted by Gasteiger charge is -2.10. The number of fused-ring (bicyclic) bond motifs is 1. The highest BCUT2D eigenvalue weighted by Gasteiger charge is 2.35. The lowest BCUT2D eigenvalue weighted by atomic mass is 10.0. The first-order valence-electron chi connectivity index (χ1n) is 12.7. The minimum absolute atomic E-state index is 0.0498. The molecule has 3 aromatic rings. The average molecular weight is 541 g/mol. The number of hydrogen-bond acceptors (Lipinski definition) is 5. The zero-order chi connectivity index (χ0) is 29.4. The number of carboxylic acid groups (broad SMARTS) is 1. The zero-order valence-corrected chi connectivity index (χ0v) is 22.9. The molecule has 1 aliphatic heterocycles. The smallest absolute Gasteiger partial charge is 0.335 e. The van der Waals surface area contributed by atoms with E-state index in [1.54, 1.807) is 31.2 Å². The molecule has 8 heteroatoms. The molecule has 3 amide bonds. The van der Waals surface area contributed by atoms with Gasteiger partial charge in [0, 0.05) is 11.3 Å². The minimum atomic E-state index is -0.871. The van der Waals surface area contributed by atoms with E-state index in [9.17, 15) is 19.2 Å². The van der Waals surface area contributed by atoms with E-state index >= 15 is 0 Å². The van der Waals surface area contributed by atoms with Gasteiger partial charge in [0.25, 0.3) is 17.7 Å². The van der Waals surface area contributed by atoms with Crippen molar-refractivity contribution in [2.24, 2.45) is 0 Å². The van der Waals surface area contributed by atoms with E-state index in [-0.39, 0.29) is 30.2 Å². The van der Waals surface area contributed by atoms with Gasteiger partial charge in [0.2, 0.25) is 0 Å². The number of benzene rings is 3. The summed E-state index contributed by atoms with van der Waals surface area (Å²) in [6.07, 6.45) is 7.75. The molecule has 0 atom stereocenters. The summed E-state index contributed by atoms with van der Waals surface area (Å²) in [5.74, 6) is -2.06. The lowest BCUT2D eigenvalue weighted by Crippen LogP contribution is -2.32. The number of imide groups is 1. The summed E-state index contributed by atoms with van der Waals surface area (Å²) in [6, 6.07) is 15.4. The van der Waals surface area contributed by atoms with Crippen molar-refractivity contribution < 1.29 is 29.4 Å². The topological polar surface area (TPSA) is 124 Å². The fourth-order valence-electron chi connectivity index (χ4n) is 4.33. The molecule has 0 saturated heterocycles. The molecule has 0 bridgehead atoms. The van der Waals surface area contributed by atoms with Gasteiger partial charge in [-0.25, -0.2) is 4.79 Å². The SMILES string of the molecule is C/C=C/c1ccc(C(=O)Nc2ccc3c(c2)C(=O)N(CCO)C3=O)c(C)c1.C/C=C/c1ccc(C(=O)O)c(C)c1. The Morgan fingerprint density at radius 2 is 1.35 bits per heavy atom. The van der Waals surface area contributed by atoms with Gasteiger partial charge in [0.05, 0.1) is 29.8 Å². The van der Waals surface area contributed by atoms with Gasteiger partial charge in [0.15, 0.2) is 0 Å². The van der Waals surface area contributed by atoms with E-state index in [4.69, 9.17) is 10.2 Å². The quantitative estimate of drug-likeness (QED) is 0.336. The van der Waals surface area contributed by atoms with Crippen molar-refractivity contribution in [3.63, 3.8) is 0 Å². The summed E-state index contributed by atoms with van der Waals surface area (Å²) >= 11 is 0. The molecule has 0 unspecified atom stereocenters. The summed E-state index contributed by atoms with van der Waals surface area (Å²) in [4.78, 5) is 48.8. The molecule has 0 radical (unpaired) electrons. The third kappa shape index (κ3) is 6.78. The molecule has 1 aliphatic rings. The van der Waals surface area contributed by atoms with Crippen LogP contribution in [0.2, 0.25) is 0 Å². The molecule has 40 heavy (non-hydrogen) atoms. The van der Waals surface area contributed by atoms with Crippen LogP contribution < -0.4 is 5.32 Å². The standard InChI is InChI=1S/C21H20N2O4.C11H12O2/c1-3-4-14-5-7-16(13(2)11-14)19(25)22-15-6-8-17-18(12-15)21(27)23(9-10-24)20(17)26;1-3-4-9-5-6-10(11(12)13)8(2)7-9/h3-8,11-12,24H,9-10H2,1-2H3,(H,22,25);3-7H,1-2H3,(H,12,13)/b2*4-3+. The van der Waals surface area contributed by atoms with Gasteiger partial charge in [-0.2, -0.15) is 0 Å². The van der Waals surface area contributed by atoms with Gasteiger partial charge in [-0.15, -0.1) is 0 Å². The highest BCUT2D eigenvalue weighted by atomic mass is 16.4. The molecule has 0 fully saturated rings. The maximum absolute atomic E-state index is 12.6. The number of aliphatic hydroxyl groups excluding tert-OH is 1. The molecule has 0 saturated carbocycles. The second-order valence-electron chi connectivity index (χ2n) is 9.15. The van der Waals surface area contributed by atoms with Crippen LogP contribution in [0, 0.1) is 13.8 Å².